The van der Waals surface area contributed by atoms with Gasteiger partial charge in [0.15, 0.2) is 5.76 Å². The van der Waals surface area contributed by atoms with Crippen LogP contribution in [0.4, 0.5) is 0 Å². The highest BCUT2D eigenvalue weighted by atomic mass is 32.1. The van der Waals surface area contributed by atoms with Crippen molar-refractivity contribution in [3.05, 3.63) is 45.0 Å². The van der Waals surface area contributed by atoms with E-state index in [1.54, 1.807) is 6.07 Å². The molecule has 8 heteroatoms. The second-order valence-corrected chi connectivity index (χ2v) is 9.08. The van der Waals surface area contributed by atoms with Crippen LogP contribution in [0.25, 0.3) is 0 Å². The highest BCUT2D eigenvalue weighted by molar-refractivity contribution is 7.12. The lowest BCUT2D eigenvalue weighted by Gasteiger charge is -2.34. The van der Waals surface area contributed by atoms with Gasteiger partial charge in [-0.25, -0.2) is 5.43 Å². The highest BCUT2D eigenvalue weighted by Crippen LogP contribution is 2.31. The lowest BCUT2D eigenvalue weighted by Crippen LogP contribution is -2.44. The van der Waals surface area contributed by atoms with E-state index >= 15 is 0 Å². The Kier molecular flexibility index (Phi) is 6.06. The minimum Gasteiger partial charge on any atom is -0.455 e. The van der Waals surface area contributed by atoms with Gasteiger partial charge in [-0.2, -0.15) is 5.10 Å². The first-order chi connectivity index (χ1) is 14.5. The third-order valence-electron chi connectivity index (χ3n) is 6.11. The predicted molar refractivity (Wildman–Crippen MR) is 117 cm³/mol. The molecule has 1 saturated heterocycles. The van der Waals surface area contributed by atoms with Crippen LogP contribution in [0, 0.1) is 6.92 Å². The van der Waals surface area contributed by atoms with Gasteiger partial charge >= 0.3 is 0 Å². The minimum atomic E-state index is -0.218. The van der Waals surface area contributed by atoms with E-state index in [9.17, 15) is 9.59 Å². The van der Waals surface area contributed by atoms with E-state index in [0.717, 1.165) is 67.8 Å². The molecule has 1 fully saturated rings. The smallest absolute Gasteiger partial charge is 0.289 e. The average molecular weight is 429 g/mol. The number of carbonyl (C=O) groups is 2. The van der Waals surface area contributed by atoms with Gasteiger partial charge in [-0.05, 0) is 64.2 Å². The molecule has 0 spiro atoms. The van der Waals surface area contributed by atoms with Crippen LogP contribution in [0.2, 0.25) is 0 Å². The Bertz CT molecular complexity index is 955. The number of nitrogens with zero attached hydrogens (tertiary/aromatic N) is 3. The van der Waals surface area contributed by atoms with Crippen LogP contribution in [-0.4, -0.2) is 60.6 Å². The van der Waals surface area contributed by atoms with E-state index in [4.69, 9.17) is 4.42 Å². The normalized spacial score (nSPS) is 19.0. The first-order valence-corrected chi connectivity index (χ1v) is 11.3. The van der Waals surface area contributed by atoms with Gasteiger partial charge in [-0.3, -0.25) is 9.59 Å². The molecule has 2 aliphatic rings. The van der Waals surface area contributed by atoms with E-state index in [2.05, 4.69) is 22.5 Å². The number of nitrogens with one attached hydrogen (secondary N) is 1. The maximum atomic E-state index is 13.2. The van der Waals surface area contributed by atoms with Gasteiger partial charge in [-0.15, -0.1) is 11.3 Å². The summed E-state index contributed by atoms with van der Waals surface area (Å²) in [5.74, 6) is 0.908. The zero-order valence-electron chi connectivity index (χ0n) is 17.7. The number of rotatable bonds is 4. The number of hydrogen-bond donors (Lipinski definition) is 1. The van der Waals surface area contributed by atoms with Gasteiger partial charge < -0.3 is 14.2 Å². The van der Waals surface area contributed by atoms with Crippen LogP contribution in [0.3, 0.4) is 0 Å². The van der Waals surface area contributed by atoms with Crippen molar-refractivity contribution in [3.8, 4) is 0 Å². The molecule has 1 aliphatic carbocycles. The number of likely N-dealkylation sites (tertiary alicyclic amines) is 1. The number of fused-ring (bicyclic) bond motifs is 1. The van der Waals surface area contributed by atoms with Crippen molar-refractivity contribution in [2.45, 2.75) is 45.1 Å². The molecule has 3 heterocycles. The molecule has 7 nitrogen and oxygen atoms in total. The molecule has 1 aliphatic heterocycles. The summed E-state index contributed by atoms with van der Waals surface area (Å²) in [6.07, 6.45) is 4.35. The molecule has 160 valence electrons. The van der Waals surface area contributed by atoms with Gasteiger partial charge in [0, 0.05) is 30.6 Å². The molecule has 30 heavy (non-hydrogen) atoms. The Balaban J connectivity index is 1.54. The third-order valence-corrected chi connectivity index (χ3v) is 6.98. The van der Waals surface area contributed by atoms with Crippen LogP contribution >= 0.6 is 11.3 Å². The standard InChI is InChI=1S/C22H28N4O3S/c1-14-19-16(23-24-21(27)18-8-5-13-30-18)6-4-7-17(19)29-20(14)22(28)26(3)15-9-11-25(2)12-10-15/h5,8,13,15H,4,6-7,9-12H2,1-3H3,(H,24,27)/b23-16+. The monoisotopic (exact) mass is 428 g/mol. The van der Waals surface area contributed by atoms with E-state index in [1.165, 1.54) is 11.3 Å². The zero-order chi connectivity index (χ0) is 21.3. The summed E-state index contributed by atoms with van der Waals surface area (Å²) in [6, 6.07) is 3.84. The molecule has 4 rings (SSSR count). The number of piperidine rings is 1. The number of aryl methyl sites for hydroxylation is 1. The number of carbonyl (C=O) groups excluding carboxylic acids is 2. The fraction of sp³-hybridized carbons (Fsp3) is 0.500. The molecule has 0 bridgehead atoms. The topological polar surface area (TPSA) is 78.2 Å². The fourth-order valence-electron chi connectivity index (χ4n) is 4.27. The summed E-state index contributed by atoms with van der Waals surface area (Å²) in [7, 11) is 3.98. The number of thiophene rings is 1. The van der Waals surface area contributed by atoms with Gasteiger partial charge in [0.1, 0.15) is 5.76 Å². The predicted octanol–water partition coefficient (Wildman–Crippen LogP) is 3.29. The lowest BCUT2D eigenvalue weighted by molar-refractivity contribution is 0.0625. The van der Waals surface area contributed by atoms with Crippen molar-refractivity contribution in [1.82, 2.24) is 15.2 Å². The number of hydrogen-bond acceptors (Lipinski definition) is 6. The molecular weight excluding hydrogens is 400 g/mol. The Morgan fingerprint density at radius 2 is 2.07 bits per heavy atom. The van der Waals surface area contributed by atoms with Gasteiger partial charge in [-0.1, -0.05) is 6.07 Å². The molecule has 2 aromatic rings. The fourth-order valence-corrected chi connectivity index (χ4v) is 4.89. The van der Waals surface area contributed by atoms with E-state index in [1.807, 2.05) is 30.3 Å². The molecule has 0 unspecified atom stereocenters. The van der Waals surface area contributed by atoms with E-state index in [0.29, 0.717) is 10.6 Å². The van der Waals surface area contributed by atoms with Crippen LogP contribution in [-0.2, 0) is 6.42 Å². The molecule has 0 radical (unpaired) electrons. The lowest BCUT2D eigenvalue weighted by atomic mass is 9.93. The SMILES string of the molecule is Cc1c(C(=O)N(C)C2CCN(C)CC2)oc2c1/C(=N/NC(=O)c1cccs1)CCC2. The molecule has 0 aromatic carbocycles. The van der Waals surface area contributed by atoms with Crippen LogP contribution < -0.4 is 5.43 Å². The maximum absolute atomic E-state index is 13.2. The minimum absolute atomic E-state index is 0.0709. The Hall–Kier alpha value is -2.45. The molecule has 0 atom stereocenters. The first kappa shape index (κ1) is 20.8. The maximum Gasteiger partial charge on any atom is 0.289 e. The quantitative estimate of drug-likeness (QED) is 0.758. The van der Waals surface area contributed by atoms with Crippen molar-refractivity contribution in [3.63, 3.8) is 0 Å². The van der Waals surface area contributed by atoms with Crippen LogP contribution in [0.15, 0.2) is 27.0 Å². The van der Waals surface area contributed by atoms with Crippen molar-refractivity contribution in [2.24, 2.45) is 5.10 Å². The Morgan fingerprint density at radius 3 is 2.77 bits per heavy atom. The van der Waals surface area contributed by atoms with Gasteiger partial charge in [0.2, 0.25) is 0 Å². The summed E-state index contributed by atoms with van der Waals surface area (Å²) in [4.78, 5) is 30.2. The second-order valence-electron chi connectivity index (χ2n) is 8.14. The van der Waals surface area contributed by atoms with Crippen molar-refractivity contribution >= 4 is 28.9 Å². The van der Waals surface area contributed by atoms with Crippen LogP contribution in [0.5, 0.6) is 0 Å². The van der Waals surface area contributed by atoms with E-state index in [-0.39, 0.29) is 17.9 Å². The van der Waals surface area contributed by atoms with Crippen LogP contribution in [0.1, 0.15) is 62.8 Å². The van der Waals surface area contributed by atoms with Gasteiger partial charge in [0.25, 0.3) is 11.8 Å². The van der Waals surface area contributed by atoms with Crippen molar-refractivity contribution in [2.75, 3.05) is 27.2 Å². The van der Waals surface area contributed by atoms with Crippen molar-refractivity contribution in [1.29, 1.82) is 0 Å². The largest absolute Gasteiger partial charge is 0.455 e. The molecule has 1 N–H and O–H groups in total. The Labute approximate surface area is 180 Å². The first-order valence-electron chi connectivity index (χ1n) is 10.4. The van der Waals surface area contributed by atoms with E-state index < -0.39 is 0 Å². The third kappa shape index (κ3) is 4.06. The highest BCUT2D eigenvalue weighted by Gasteiger charge is 2.32. The molecule has 2 amide bonds. The summed E-state index contributed by atoms with van der Waals surface area (Å²) < 4.78 is 6.05. The summed E-state index contributed by atoms with van der Waals surface area (Å²) in [5, 5.41) is 6.25. The zero-order valence-corrected chi connectivity index (χ0v) is 18.6. The van der Waals surface area contributed by atoms with Gasteiger partial charge in [0.05, 0.1) is 10.6 Å². The summed E-state index contributed by atoms with van der Waals surface area (Å²) >= 11 is 1.38. The number of amides is 2. The summed E-state index contributed by atoms with van der Waals surface area (Å²) in [6.45, 7) is 3.91. The molecule has 2 aromatic heterocycles. The number of hydrazone groups is 1. The van der Waals surface area contributed by atoms with Crippen molar-refractivity contribution < 1.29 is 14.0 Å². The molecule has 0 saturated carbocycles. The average Bonchev–Trinajstić information content (AvgIpc) is 3.40. The number of furan rings is 1. The Morgan fingerprint density at radius 1 is 1.30 bits per heavy atom. The molecular formula is C22H28N4O3S. The second kappa shape index (κ2) is 8.73. The summed E-state index contributed by atoms with van der Waals surface area (Å²) in [5.41, 5.74) is 5.14.